The molecule has 11 heteroatoms. The van der Waals surface area contributed by atoms with E-state index in [1.165, 1.54) is 41.1 Å². The van der Waals surface area contributed by atoms with Crippen molar-refractivity contribution < 1.29 is 23.0 Å². The van der Waals surface area contributed by atoms with Crippen LogP contribution in [0.4, 0.5) is 13.6 Å². The van der Waals surface area contributed by atoms with E-state index in [-0.39, 0.29) is 45.9 Å². The predicted octanol–water partition coefficient (Wildman–Crippen LogP) is 4.51. The molecule has 2 atom stereocenters. The summed E-state index contributed by atoms with van der Waals surface area (Å²) < 4.78 is 42.3. The Morgan fingerprint density at radius 2 is 1.94 bits per heavy atom. The van der Waals surface area contributed by atoms with Crippen LogP contribution in [0.25, 0.3) is 22.0 Å². The van der Waals surface area contributed by atoms with Gasteiger partial charge in [0.15, 0.2) is 5.82 Å². The lowest BCUT2D eigenvalue weighted by atomic mass is 10.00. The molecule has 1 aliphatic heterocycles. The summed E-state index contributed by atoms with van der Waals surface area (Å²) in [5.41, 5.74) is 4.25. The van der Waals surface area contributed by atoms with Crippen molar-refractivity contribution >= 4 is 28.6 Å². The van der Waals surface area contributed by atoms with Gasteiger partial charge in [0.2, 0.25) is 0 Å². The average Bonchev–Trinajstić information content (AvgIpc) is 2.79. The van der Waals surface area contributed by atoms with E-state index in [0.717, 1.165) is 6.07 Å². The zero-order valence-electron chi connectivity index (χ0n) is 20.3. The summed E-state index contributed by atoms with van der Waals surface area (Å²) in [6, 6.07) is 4.41. The van der Waals surface area contributed by atoms with E-state index < -0.39 is 41.0 Å². The van der Waals surface area contributed by atoms with Crippen molar-refractivity contribution in [2.24, 2.45) is 5.73 Å². The number of rotatable bonds is 3. The monoisotopic (exact) mass is 520 g/mol. The summed E-state index contributed by atoms with van der Waals surface area (Å²) in [6.07, 6.45) is 1.06. The molecule has 1 aromatic heterocycles. The number of nitrogens with zero attached hydrogens (tertiary/aromatic N) is 3. The second kappa shape index (κ2) is 9.67. The van der Waals surface area contributed by atoms with Crippen LogP contribution in [-0.4, -0.2) is 52.4 Å². The predicted molar refractivity (Wildman–Crippen MR) is 132 cm³/mol. The number of amides is 1. The Hall–Kier alpha value is -3.24. The Morgan fingerprint density at radius 3 is 2.61 bits per heavy atom. The van der Waals surface area contributed by atoms with Gasteiger partial charge in [-0.2, -0.15) is 0 Å². The van der Waals surface area contributed by atoms with Crippen LogP contribution in [0.1, 0.15) is 33.2 Å². The highest BCUT2D eigenvalue weighted by Gasteiger charge is 2.33. The largest absolute Gasteiger partial charge is 0.496 e. The molecule has 2 unspecified atom stereocenters. The quantitative estimate of drug-likeness (QED) is 0.545. The van der Waals surface area contributed by atoms with Gasteiger partial charge in [-0.05, 0) is 45.4 Å². The van der Waals surface area contributed by atoms with Crippen molar-refractivity contribution in [1.29, 1.82) is 0 Å². The molecule has 0 radical (unpaired) electrons. The summed E-state index contributed by atoms with van der Waals surface area (Å²) in [4.78, 5) is 31.6. The molecular formula is C25H27ClF2N4O4. The Balaban J connectivity index is 1.77. The number of piperidine rings is 1. The molecule has 0 bridgehead atoms. The standard InChI is InChI=1S/C25H27ClF2N4O4/c1-25(2,3)36-24(34)31-10-13(29)8-14(11-31)32-12-30-22-15(23(32)33)9-16(26)19(21(22)28)20-17(27)6-5-7-18(20)35-4/h5-7,9,12-14H,8,10-11,29H2,1-4H3. The van der Waals surface area contributed by atoms with Crippen LogP contribution in [0.3, 0.4) is 0 Å². The highest BCUT2D eigenvalue weighted by molar-refractivity contribution is 6.34. The van der Waals surface area contributed by atoms with E-state index in [2.05, 4.69) is 4.98 Å². The SMILES string of the molecule is COc1cccc(F)c1-c1c(Cl)cc2c(=O)n(C3CC(N)CN(C(=O)OC(C)(C)C)C3)cnc2c1F. The van der Waals surface area contributed by atoms with E-state index in [1.54, 1.807) is 20.8 Å². The maximum Gasteiger partial charge on any atom is 0.410 e. The number of ether oxygens (including phenoxy) is 2. The van der Waals surface area contributed by atoms with Gasteiger partial charge in [0.05, 0.1) is 35.5 Å². The lowest BCUT2D eigenvalue weighted by Crippen LogP contribution is -2.52. The Morgan fingerprint density at radius 1 is 1.22 bits per heavy atom. The van der Waals surface area contributed by atoms with Crippen molar-refractivity contribution in [1.82, 2.24) is 14.5 Å². The Bertz CT molecular complexity index is 1390. The first-order valence-electron chi connectivity index (χ1n) is 11.4. The first kappa shape index (κ1) is 25.8. The van der Waals surface area contributed by atoms with E-state index in [1.807, 2.05) is 0 Å². The molecule has 3 aromatic rings. The number of halogens is 3. The molecule has 8 nitrogen and oxygen atoms in total. The zero-order chi connectivity index (χ0) is 26.4. The number of aromatic nitrogens is 2. The third kappa shape index (κ3) is 4.87. The minimum atomic E-state index is -0.944. The minimum Gasteiger partial charge on any atom is -0.496 e. The minimum absolute atomic E-state index is 0.0815. The molecule has 4 rings (SSSR count). The lowest BCUT2D eigenvalue weighted by Gasteiger charge is -2.37. The number of likely N-dealkylation sites (tertiary alicyclic amines) is 1. The Kier molecular flexibility index (Phi) is 6.94. The van der Waals surface area contributed by atoms with E-state index >= 15 is 4.39 Å². The van der Waals surface area contributed by atoms with Crippen LogP contribution < -0.4 is 16.0 Å². The van der Waals surface area contributed by atoms with Gasteiger partial charge in [-0.1, -0.05) is 17.7 Å². The summed E-state index contributed by atoms with van der Waals surface area (Å²) >= 11 is 6.38. The Labute approximate surface area is 211 Å². The number of hydrogen-bond acceptors (Lipinski definition) is 6. The van der Waals surface area contributed by atoms with Crippen molar-refractivity contribution in [2.45, 2.75) is 44.9 Å². The second-order valence-corrected chi connectivity index (χ2v) is 10.2. The van der Waals surface area contributed by atoms with Gasteiger partial charge in [-0.15, -0.1) is 0 Å². The molecule has 1 saturated heterocycles. The fourth-order valence-corrected chi connectivity index (χ4v) is 4.69. The fraction of sp³-hybridized carbons (Fsp3) is 0.400. The molecule has 0 saturated carbocycles. The number of fused-ring (bicyclic) bond motifs is 1. The molecule has 36 heavy (non-hydrogen) atoms. The van der Waals surface area contributed by atoms with Crippen LogP contribution >= 0.6 is 11.6 Å². The third-order valence-electron chi connectivity index (χ3n) is 5.92. The molecule has 2 heterocycles. The van der Waals surface area contributed by atoms with Crippen molar-refractivity contribution in [3.8, 4) is 16.9 Å². The fourth-order valence-electron chi connectivity index (χ4n) is 4.40. The van der Waals surface area contributed by atoms with Gasteiger partial charge < -0.3 is 20.1 Å². The lowest BCUT2D eigenvalue weighted by molar-refractivity contribution is 0.0150. The topological polar surface area (TPSA) is 99.7 Å². The second-order valence-electron chi connectivity index (χ2n) is 9.75. The highest BCUT2D eigenvalue weighted by Crippen LogP contribution is 2.40. The average molecular weight is 521 g/mol. The summed E-state index contributed by atoms with van der Waals surface area (Å²) in [5.74, 6) is -1.59. The molecular weight excluding hydrogens is 494 g/mol. The third-order valence-corrected chi connectivity index (χ3v) is 6.22. The molecule has 192 valence electrons. The molecule has 0 aliphatic carbocycles. The molecule has 1 fully saturated rings. The number of carbonyl (C=O) groups is 1. The van der Waals surface area contributed by atoms with Crippen LogP contribution in [0.2, 0.25) is 5.02 Å². The first-order valence-corrected chi connectivity index (χ1v) is 11.7. The smallest absolute Gasteiger partial charge is 0.410 e. The molecule has 1 amide bonds. The zero-order valence-corrected chi connectivity index (χ0v) is 21.1. The van der Waals surface area contributed by atoms with Crippen molar-refractivity contribution in [2.75, 3.05) is 20.2 Å². The number of benzene rings is 2. The number of methoxy groups -OCH3 is 1. The van der Waals surface area contributed by atoms with Gasteiger partial charge in [-0.3, -0.25) is 9.36 Å². The maximum absolute atomic E-state index is 15.6. The van der Waals surface area contributed by atoms with Gasteiger partial charge in [-0.25, -0.2) is 18.6 Å². The van der Waals surface area contributed by atoms with Gasteiger partial charge in [0.25, 0.3) is 5.56 Å². The molecule has 0 spiro atoms. The molecule has 1 aliphatic rings. The number of carbonyl (C=O) groups excluding carboxylic acids is 1. The maximum atomic E-state index is 15.6. The summed E-state index contributed by atoms with van der Waals surface area (Å²) in [7, 11) is 1.33. The highest BCUT2D eigenvalue weighted by atomic mass is 35.5. The van der Waals surface area contributed by atoms with Gasteiger partial charge >= 0.3 is 6.09 Å². The molecule has 2 N–H and O–H groups in total. The first-order chi connectivity index (χ1) is 16.9. The van der Waals surface area contributed by atoms with E-state index in [9.17, 15) is 14.0 Å². The van der Waals surface area contributed by atoms with Crippen LogP contribution in [0.15, 0.2) is 35.4 Å². The van der Waals surface area contributed by atoms with Crippen LogP contribution in [-0.2, 0) is 4.74 Å². The van der Waals surface area contributed by atoms with Crippen LogP contribution in [0.5, 0.6) is 5.75 Å². The van der Waals surface area contributed by atoms with Crippen LogP contribution in [0, 0.1) is 11.6 Å². The van der Waals surface area contributed by atoms with E-state index in [0.29, 0.717) is 6.42 Å². The van der Waals surface area contributed by atoms with E-state index in [4.69, 9.17) is 26.8 Å². The molecule has 2 aromatic carbocycles. The van der Waals surface area contributed by atoms with Gasteiger partial charge in [0, 0.05) is 24.7 Å². The summed E-state index contributed by atoms with van der Waals surface area (Å²) in [5, 5.41) is -0.252. The van der Waals surface area contributed by atoms with Gasteiger partial charge in [0.1, 0.15) is 22.7 Å². The number of hydrogen-bond donors (Lipinski definition) is 1. The number of nitrogens with two attached hydrogens (primary N) is 1. The normalized spacial score (nSPS) is 18.4. The summed E-state index contributed by atoms with van der Waals surface area (Å²) in [6.45, 7) is 5.71. The van der Waals surface area contributed by atoms with Crippen molar-refractivity contribution in [3.63, 3.8) is 0 Å². The van der Waals surface area contributed by atoms with Crippen molar-refractivity contribution in [3.05, 3.63) is 57.6 Å².